The molecule has 0 aliphatic rings. The molecule has 10 heteroatoms. The van der Waals surface area contributed by atoms with Crippen LogP contribution in [-0.4, -0.2) is 60.3 Å². The van der Waals surface area contributed by atoms with Gasteiger partial charge < -0.3 is 30.3 Å². The minimum absolute atomic E-state index is 0.0332. The fourth-order valence-electron chi connectivity index (χ4n) is 4.14. The van der Waals surface area contributed by atoms with Crippen LogP contribution >= 0.6 is 0 Å². The number of hydrogen-bond donors (Lipinski definition) is 4. The van der Waals surface area contributed by atoms with E-state index in [4.69, 9.17) is 9.47 Å². The highest BCUT2D eigenvalue weighted by Gasteiger charge is 2.20. The van der Waals surface area contributed by atoms with Gasteiger partial charge in [0.05, 0.1) is 13.1 Å². The number of phenols is 2. The first-order valence-corrected chi connectivity index (χ1v) is 14.1. The van der Waals surface area contributed by atoms with E-state index in [2.05, 4.69) is 10.6 Å². The van der Waals surface area contributed by atoms with Gasteiger partial charge in [0, 0.05) is 12.8 Å². The van der Waals surface area contributed by atoms with Crippen molar-refractivity contribution >= 4 is 23.8 Å². The van der Waals surface area contributed by atoms with Crippen molar-refractivity contribution in [3.63, 3.8) is 0 Å². The predicted molar refractivity (Wildman–Crippen MR) is 158 cm³/mol. The second kappa shape index (κ2) is 15.2. The molecular weight excluding hydrogens is 540 g/mol. The van der Waals surface area contributed by atoms with E-state index in [1.54, 1.807) is 24.3 Å². The maximum Gasteiger partial charge on any atom is 0.309 e. The molecule has 2 aromatic rings. The Kier molecular flexibility index (Phi) is 12.4. The maximum absolute atomic E-state index is 12.1. The summed E-state index contributed by atoms with van der Waals surface area (Å²) >= 11 is 0. The molecule has 0 spiro atoms. The van der Waals surface area contributed by atoms with Crippen molar-refractivity contribution in [3.05, 3.63) is 58.7 Å². The molecule has 0 saturated heterocycles. The molecule has 0 bridgehead atoms. The zero-order valence-electron chi connectivity index (χ0n) is 25.5. The van der Waals surface area contributed by atoms with Gasteiger partial charge in [-0.25, -0.2) is 0 Å². The fraction of sp³-hybridized carbons (Fsp3) is 0.500. The fourth-order valence-corrected chi connectivity index (χ4v) is 4.14. The molecular formula is C32H44N2O8. The number of aryl methyl sites for hydroxylation is 2. The summed E-state index contributed by atoms with van der Waals surface area (Å²) in [7, 11) is 0. The van der Waals surface area contributed by atoms with Crippen molar-refractivity contribution in [1.29, 1.82) is 0 Å². The highest BCUT2D eigenvalue weighted by atomic mass is 16.5. The lowest BCUT2D eigenvalue weighted by Gasteiger charge is -2.21. The van der Waals surface area contributed by atoms with E-state index >= 15 is 0 Å². The minimum atomic E-state index is -0.891. The molecule has 0 aromatic heterocycles. The van der Waals surface area contributed by atoms with Crippen LogP contribution in [-0.2, 0) is 52.3 Å². The molecule has 0 aliphatic heterocycles. The van der Waals surface area contributed by atoms with Crippen LogP contribution in [0.1, 0.15) is 76.6 Å². The second-order valence-electron chi connectivity index (χ2n) is 12.2. The monoisotopic (exact) mass is 584 g/mol. The van der Waals surface area contributed by atoms with Gasteiger partial charge in [0.2, 0.25) is 0 Å². The van der Waals surface area contributed by atoms with E-state index in [0.717, 1.165) is 22.3 Å². The number of amides is 2. The zero-order chi connectivity index (χ0) is 31.5. The summed E-state index contributed by atoms with van der Waals surface area (Å²) in [5, 5.41) is 24.9. The van der Waals surface area contributed by atoms with Gasteiger partial charge in [-0.15, -0.1) is 0 Å². The zero-order valence-corrected chi connectivity index (χ0v) is 25.5. The summed E-state index contributed by atoms with van der Waals surface area (Å²) in [5.41, 5.74) is 2.93. The van der Waals surface area contributed by atoms with Crippen molar-refractivity contribution in [1.82, 2.24) is 10.6 Å². The maximum atomic E-state index is 12.1. The van der Waals surface area contributed by atoms with Crippen LogP contribution in [0.15, 0.2) is 36.4 Å². The first-order chi connectivity index (χ1) is 19.6. The molecule has 2 aromatic carbocycles. The second-order valence-corrected chi connectivity index (χ2v) is 12.2. The first kappa shape index (κ1) is 34.1. The Hall–Kier alpha value is -4.08. The molecule has 10 nitrogen and oxygen atoms in total. The Labute approximate surface area is 247 Å². The highest BCUT2D eigenvalue weighted by molar-refractivity contribution is 6.35. The van der Waals surface area contributed by atoms with E-state index < -0.39 is 23.8 Å². The van der Waals surface area contributed by atoms with Crippen molar-refractivity contribution in [3.8, 4) is 11.5 Å². The molecule has 0 aliphatic carbocycles. The molecule has 2 rings (SSSR count). The third-order valence-corrected chi connectivity index (χ3v) is 6.48. The van der Waals surface area contributed by atoms with E-state index in [1.807, 2.05) is 53.7 Å². The Morgan fingerprint density at radius 1 is 0.643 bits per heavy atom. The average Bonchev–Trinajstić information content (AvgIpc) is 2.90. The Balaban J connectivity index is 1.59. The van der Waals surface area contributed by atoms with Gasteiger partial charge in [0.25, 0.3) is 0 Å². The van der Waals surface area contributed by atoms with Gasteiger partial charge in [0.1, 0.15) is 24.7 Å². The summed E-state index contributed by atoms with van der Waals surface area (Å²) in [4.78, 5) is 48.0. The third kappa shape index (κ3) is 11.4. The van der Waals surface area contributed by atoms with Gasteiger partial charge in [-0.2, -0.15) is 0 Å². The SMILES string of the molecule is CC(C)(C)c1cc(CCC(=O)OCCNC(=O)C(=O)NCCOC(=O)CCc2ccc(O)c(C(C)(C)C)c2)ccc1O. The Morgan fingerprint density at radius 2 is 1.00 bits per heavy atom. The number of benzene rings is 2. The lowest BCUT2D eigenvalue weighted by Crippen LogP contribution is -2.42. The van der Waals surface area contributed by atoms with Crippen LogP contribution < -0.4 is 10.6 Å². The smallest absolute Gasteiger partial charge is 0.309 e. The summed E-state index contributed by atoms with van der Waals surface area (Å²) in [5.74, 6) is -2.24. The Bertz CT molecular complexity index is 1160. The number of ether oxygens (including phenoxy) is 2. The Morgan fingerprint density at radius 3 is 1.33 bits per heavy atom. The number of carbonyl (C=O) groups excluding carboxylic acids is 4. The highest BCUT2D eigenvalue weighted by Crippen LogP contribution is 2.32. The minimum Gasteiger partial charge on any atom is -0.508 e. The third-order valence-electron chi connectivity index (χ3n) is 6.48. The number of esters is 2. The number of carbonyl (C=O) groups is 4. The number of rotatable bonds is 12. The number of nitrogens with one attached hydrogen (secondary N) is 2. The van der Waals surface area contributed by atoms with E-state index in [9.17, 15) is 29.4 Å². The molecule has 4 N–H and O–H groups in total. The molecule has 0 atom stereocenters. The molecule has 0 fully saturated rings. The van der Waals surface area contributed by atoms with Crippen LogP contribution in [0.3, 0.4) is 0 Å². The first-order valence-electron chi connectivity index (χ1n) is 14.1. The van der Waals surface area contributed by atoms with Crippen molar-refractivity contribution in [2.45, 2.75) is 78.1 Å². The molecule has 0 radical (unpaired) electrons. The summed E-state index contributed by atoms with van der Waals surface area (Å²) in [6.07, 6.45) is 1.15. The summed E-state index contributed by atoms with van der Waals surface area (Å²) in [6.45, 7) is 11.7. The number of phenolic OH excluding ortho intramolecular Hbond substituents is 2. The average molecular weight is 585 g/mol. The standard InChI is InChI=1S/C32H44N2O8/c1-31(2,3)23-19-21(7-11-25(23)35)9-13-27(37)41-17-15-33-29(39)30(40)34-16-18-42-28(38)14-10-22-8-12-26(36)24(20-22)32(4,5)6/h7-8,11-12,19-20,35-36H,9-10,13-18H2,1-6H3,(H,33,39)(H,34,40). The molecule has 0 unspecified atom stereocenters. The van der Waals surface area contributed by atoms with Crippen molar-refractivity contribution < 1.29 is 38.9 Å². The van der Waals surface area contributed by atoms with Crippen LogP contribution in [0.2, 0.25) is 0 Å². The largest absolute Gasteiger partial charge is 0.508 e. The lowest BCUT2D eigenvalue weighted by atomic mass is 9.85. The molecule has 0 saturated carbocycles. The summed E-state index contributed by atoms with van der Waals surface area (Å²) < 4.78 is 10.2. The van der Waals surface area contributed by atoms with Crippen LogP contribution in [0.4, 0.5) is 0 Å². The topological polar surface area (TPSA) is 151 Å². The van der Waals surface area contributed by atoms with Crippen LogP contribution in [0, 0.1) is 0 Å². The molecule has 42 heavy (non-hydrogen) atoms. The van der Waals surface area contributed by atoms with E-state index in [0.29, 0.717) is 12.8 Å². The van der Waals surface area contributed by atoms with Crippen molar-refractivity contribution in [2.75, 3.05) is 26.3 Å². The number of aromatic hydroxyl groups is 2. The van der Waals surface area contributed by atoms with Gasteiger partial charge in [-0.3, -0.25) is 19.2 Å². The van der Waals surface area contributed by atoms with Crippen LogP contribution in [0.25, 0.3) is 0 Å². The van der Waals surface area contributed by atoms with E-state index in [-0.39, 0.29) is 61.5 Å². The van der Waals surface area contributed by atoms with E-state index in [1.165, 1.54) is 0 Å². The quantitative estimate of drug-likeness (QED) is 0.168. The molecule has 2 amide bonds. The lowest BCUT2D eigenvalue weighted by molar-refractivity contribution is -0.145. The molecule has 0 heterocycles. The van der Waals surface area contributed by atoms with Crippen LogP contribution in [0.5, 0.6) is 11.5 Å². The van der Waals surface area contributed by atoms with Gasteiger partial charge in [0.15, 0.2) is 0 Å². The van der Waals surface area contributed by atoms with Crippen molar-refractivity contribution in [2.24, 2.45) is 0 Å². The van der Waals surface area contributed by atoms with Gasteiger partial charge in [-0.05, 0) is 58.1 Å². The van der Waals surface area contributed by atoms with Gasteiger partial charge >= 0.3 is 23.8 Å². The summed E-state index contributed by atoms with van der Waals surface area (Å²) in [6, 6.07) is 10.5. The van der Waals surface area contributed by atoms with Gasteiger partial charge in [-0.1, -0.05) is 65.8 Å². The molecule has 230 valence electrons. The predicted octanol–water partition coefficient (Wildman–Crippen LogP) is 3.58. The normalized spacial score (nSPS) is 11.5. The number of hydrogen-bond acceptors (Lipinski definition) is 8.